The van der Waals surface area contributed by atoms with Gasteiger partial charge in [0.15, 0.2) is 0 Å². The van der Waals surface area contributed by atoms with Crippen LogP contribution in [-0.4, -0.2) is 69.7 Å². The maximum atomic E-state index is 12.5. The van der Waals surface area contributed by atoms with E-state index in [9.17, 15) is 19.2 Å². The second-order valence-electron chi connectivity index (χ2n) is 14.3. The van der Waals surface area contributed by atoms with E-state index in [0.717, 1.165) is 86.9 Å². The number of unbranched alkanes of at least 4 members (excludes halogenated alkanes) is 3. The first kappa shape index (κ1) is 49.9. The van der Waals surface area contributed by atoms with Crippen molar-refractivity contribution in [2.75, 3.05) is 20.8 Å². The SMILES string of the molecule is C.CCCCCC(=O)Cc1cnc2ccc(OC)cc2c1-c1ccccc1.CCCCN.COc1ccc2ncc(CC(=O)O)c(-c3ccccc3)c2c1.O=C1CCC(=O)N1O. The number of ether oxygens (including phenoxy) is 2. The smallest absolute Gasteiger partial charge is 0.307 e. The van der Waals surface area contributed by atoms with Crippen LogP contribution in [0.15, 0.2) is 109 Å². The van der Waals surface area contributed by atoms with Crippen LogP contribution < -0.4 is 15.2 Å². The summed E-state index contributed by atoms with van der Waals surface area (Å²) in [6, 6.07) is 31.5. The summed E-state index contributed by atoms with van der Waals surface area (Å²) in [6.45, 7) is 5.13. The maximum absolute atomic E-state index is 12.5. The Morgan fingerprint density at radius 3 is 1.48 bits per heavy atom. The lowest BCUT2D eigenvalue weighted by Gasteiger charge is -2.14. The van der Waals surface area contributed by atoms with Gasteiger partial charge in [0.2, 0.25) is 0 Å². The average Bonchev–Trinajstić information content (AvgIpc) is 3.57. The fraction of sp³-hybridized carbons (Fsp3) is 0.320. The fourth-order valence-electron chi connectivity index (χ4n) is 6.64. The molecule has 3 heterocycles. The molecule has 0 bridgehead atoms. The molecule has 12 heteroatoms. The molecule has 0 spiro atoms. The van der Waals surface area contributed by atoms with Crippen LogP contribution in [0.2, 0.25) is 0 Å². The number of methoxy groups -OCH3 is 2. The molecule has 0 aliphatic carbocycles. The highest BCUT2D eigenvalue weighted by Crippen LogP contribution is 2.35. The first-order valence-electron chi connectivity index (χ1n) is 20.5. The van der Waals surface area contributed by atoms with Crippen molar-refractivity contribution < 1.29 is 39.0 Å². The number of imide groups is 1. The molecule has 0 atom stereocenters. The molecule has 6 aromatic rings. The van der Waals surface area contributed by atoms with Crippen molar-refractivity contribution in [2.45, 2.75) is 85.5 Å². The van der Waals surface area contributed by atoms with Crippen LogP contribution in [0.25, 0.3) is 44.1 Å². The van der Waals surface area contributed by atoms with Gasteiger partial charge in [-0.3, -0.25) is 34.4 Å². The molecule has 2 amide bonds. The predicted molar refractivity (Wildman–Crippen MR) is 245 cm³/mol. The Kier molecular flexibility index (Phi) is 20.9. The van der Waals surface area contributed by atoms with Crippen LogP contribution >= 0.6 is 0 Å². The molecule has 1 saturated heterocycles. The molecule has 62 heavy (non-hydrogen) atoms. The van der Waals surface area contributed by atoms with E-state index in [4.69, 9.17) is 25.5 Å². The largest absolute Gasteiger partial charge is 0.497 e. The Morgan fingerprint density at radius 1 is 0.677 bits per heavy atom. The first-order valence-corrected chi connectivity index (χ1v) is 20.5. The molecule has 1 aliphatic heterocycles. The molecular weight excluding hydrogens is 785 g/mol. The van der Waals surface area contributed by atoms with Gasteiger partial charge < -0.3 is 20.3 Å². The average molecular weight is 845 g/mol. The Balaban J connectivity index is 0.000000255. The Morgan fingerprint density at radius 2 is 1.13 bits per heavy atom. The fourth-order valence-corrected chi connectivity index (χ4v) is 6.64. The number of aromatic nitrogens is 2. The lowest BCUT2D eigenvalue weighted by Crippen LogP contribution is -2.24. The minimum Gasteiger partial charge on any atom is -0.497 e. The van der Waals surface area contributed by atoms with E-state index in [-0.39, 0.29) is 37.5 Å². The summed E-state index contributed by atoms with van der Waals surface area (Å²) in [4.78, 5) is 53.1. The van der Waals surface area contributed by atoms with Crippen molar-refractivity contribution in [1.82, 2.24) is 15.0 Å². The molecule has 0 radical (unpaired) electrons. The predicted octanol–water partition coefficient (Wildman–Crippen LogP) is 10.0. The summed E-state index contributed by atoms with van der Waals surface area (Å²) in [5.74, 6) is -0.0900. The Bertz CT molecular complexity index is 2350. The highest BCUT2D eigenvalue weighted by molar-refractivity contribution is 6.01. The summed E-state index contributed by atoms with van der Waals surface area (Å²) < 4.78 is 10.7. The molecule has 1 aliphatic rings. The zero-order valence-corrected chi connectivity index (χ0v) is 35.4. The number of carboxylic acid groups (broad SMARTS) is 1. The molecule has 4 N–H and O–H groups in total. The minimum absolute atomic E-state index is 0. The third-order valence-corrected chi connectivity index (χ3v) is 9.80. The summed E-state index contributed by atoms with van der Waals surface area (Å²) in [7, 11) is 3.27. The van der Waals surface area contributed by atoms with E-state index in [1.807, 2.05) is 91.1 Å². The number of Topliss-reactive ketones (excluding diaryl/α,β-unsaturated/α-hetero) is 1. The van der Waals surface area contributed by atoms with Gasteiger partial charge >= 0.3 is 5.97 Å². The first-order chi connectivity index (χ1) is 29.5. The number of ketones is 1. The van der Waals surface area contributed by atoms with Crippen LogP contribution in [0.4, 0.5) is 0 Å². The molecule has 328 valence electrons. The highest BCUT2D eigenvalue weighted by Gasteiger charge is 2.27. The standard InChI is InChI=1S/C23H25NO2.C18H15NO3.C4H5NO3.C4H11N.CH4/c1-3-4-6-11-19(25)14-18-16-24-22-13-12-20(26-2)15-21(22)23(18)17-9-7-5-8-10-17;1-22-14-7-8-16-15(10-14)18(12-5-3-2-4-6-12)13(11-19-16)9-17(20)21;6-3-1-2-4(7)5(3)8;1-2-3-4-5;/h5,7-10,12-13,15-16H,3-4,6,11,14H2,1-2H3;2-8,10-11H,9H2,1H3,(H,20,21);8H,1-2H2;2-5H2,1H3;1H4. The van der Waals surface area contributed by atoms with Gasteiger partial charge in [-0.1, -0.05) is 101 Å². The second-order valence-corrected chi connectivity index (χ2v) is 14.3. The Hall–Kier alpha value is -6.50. The van der Waals surface area contributed by atoms with E-state index in [0.29, 0.717) is 18.4 Å². The summed E-state index contributed by atoms with van der Waals surface area (Å²) in [6.07, 6.45) is 10.4. The molecular formula is C50H60N4O8. The number of carbonyl (C=O) groups is 4. The summed E-state index contributed by atoms with van der Waals surface area (Å²) in [5, 5.41) is 19.6. The molecule has 12 nitrogen and oxygen atoms in total. The van der Waals surface area contributed by atoms with Gasteiger partial charge in [0.05, 0.1) is 31.7 Å². The topological polar surface area (TPSA) is 182 Å². The number of fused-ring (bicyclic) bond motifs is 2. The molecule has 1 fully saturated rings. The number of carboxylic acids is 1. The van der Waals surface area contributed by atoms with Crippen molar-refractivity contribution in [3.05, 3.63) is 121 Å². The van der Waals surface area contributed by atoms with Gasteiger partial charge in [-0.05, 0) is 89.2 Å². The number of pyridine rings is 2. The van der Waals surface area contributed by atoms with E-state index >= 15 is 0 Å². The van der Waals surface area contributed by atoms with Gasteiger partial charge in [-0.25, -0.2) is 0 Å². The van der Waals surface area contributed by atoms with E-state index in [1.54, 1.807) is 20.4 Å². The number of hydrogen-bond acceptors (Lipinski definition) is 10. The van der Waals surface area contributed by atoms with Gasteiger partial charge in [-0.2, -0.15) is 5.06 Å². The number of amides is 2. The van der Waals surface area contributed by atoms with Crippen molar-refractivity contribution >= 4 is 45.4 Å². The zero-order valence-electron chi connectivity index (χ0n) is 35.4. The molecule has 2 aromatic heterocycles. The lowest BCUT2D eigenvalue weighted by molar-refractivity contribution is -0.171. The minimum atomic E-state index is -0.874. The normalized spacial score (nSPS) is 11.6. The van der Waals surface area contributed by atoms with Gasteiger partial charge in [0, 0.05) is 48.8 Å². The summed E-state index contributed by atoms with van der Waals surface area (Å²) >= 11 is 0. The van der Waals surface area contributed by atoms with E-state index in [1.165, 1.54) is 12.8 Å². The number of benzene rings is 4. The number of aliphatic carboxylic acids is 1. The molecule has 0 saturated carbocycles. The quantitative estimate of drug-likeness (QED) is 0.0539. The number of hydrogen-bond donors (Lipinski definition) is 3. The molecule has 7 rings (SSSR count). The van der Waals surface area contributed by atoms with Crippen LogP contribution in [0.3, 0.4) is 0 Å². The van der Waals surface area contributed by atoms with Crippen molar-refractivity contribution in [1.29, 1.82) is 0 Å². The van der Waals surface area contributed by atoms with E-state index in [2.05, 4.69) is 35.9 Å². The molecule has 0 unspecified atom stereocenters. The number of hydroxylamine groups is 2. The van der Waals surface area contributed by atoms with Gasteiger partial charge in [0.25, 0.3) is 11.8 Å². The van der Waals surface area contributed by atoms with Crippen molar-refractivity contribution in [2.24, 2.45) is 5.73 Å². The zero-order chi connectivity index (χ0) is 44.1. The van der Waals surface area contributed by atoms with Gasteiger partial charge in [-0.15, -0.1) is 0 Å². The highest BCUT2D eigenvalue weighted by atomic mass is 16.5. The van der Waals surface area contributed by atoms with Crippen LogP contribution in [-0.2, 0) is 32.0 Å². The number of nitrogens with zero attached hydrogens (tertiary/aromatic N) is 3. The summed E-state index contributed by atoms with van der Waals surface area (Å²) in [5.41, 5.74) is 12.6. The second kappa shape index (κ2) is 26.0. The number of nitrogens with two attached hydrogens (primary N) is 1. The third kappa shape index (κ3) is 14.3. The van der Waals surface area contributed by atoms with Crippen LogP contribution in [0, 0.1) is 0 Å². The van der Waals surface area contributed by atoms with E-state index < -0.39 is 17.8 Å². The Labute approximate surface area is 364 Å². The number of carbonyl (C=O) groups excluding carboxylic acids is 3. The van der Waals surface area contributed by atoms with Crippen molar-refractivity contribution in [3.63, 3.8) is 0 Å². The van der Waals surface area contributed by atoms with Crippen LogP contribution in [0.5, 0.6) is 11.5 Å². The molecule has 4 aromatic carbocycles. The third-order valence-electron chi connectivity index (χ3n) is 9.80. The lowest BCUT2D eigenvalue weighted by atomic mass is 9.93. The maximum Gasteiger partial charge on any atom is 0.307 e. The van der Waals surface area contributed by atoms with Crippen molar-refractivity contribution in [3.8, 4) is 33.8 Å². The van der Waals surface area contributed by atoms with Gasteiger partial charge in [0.1, 0.15) is 17.3 Å². The monoisotopic (exact) mass is 844 g/mol. The number of rotatable bonds is 14. The van der Waals surface area contributed by atoms with Crippen LogP contribution in [0.1, 0.15) is 83.8 Å².